The van der Waals surface area contributed by atoms with Gasteiger partial charge in [-0.3, -0.25) is 0 Å². The standard InChI is InChI=1S/C8H11N/c1-7-4-2-3-5-8(7)6-9/h2,4,7-8H,3,5H2,1H3/i3D2,7D. The summed E-state index contributed by atoms with van der Waals surface area (Å²) in [5.41, 5.74) is 0. The minimum absolute atomic E-state index is 0.125. The van der Waals surface area contributed by atoms with Crippen LogP contribution in [0.2, 0.25) is 0 Å². The molecule has 48 valence electrons. The topological polar surface area (TPSA) is 23.8 Å². The van der Waals surface area contributed by atoms with Gasteiger partial charge in [-0.15, -0.1) is 0 Å². The van der Waals surface area contributed by atoms with Gasteiger partial charge < -0.3 is 0 Å². The van der Waals surface area contributed by atoms with E-state index in [0.717, 1.165) is 0 Å². The van der Waals surface area contributed by atoms with E-state index in [-0.39, 0.29) is 6.42 Å². The van der Waals surface area contributed by atoms with Gasteiger partial charge in [0.2, 0.25) is 0 Å². The minimum atomic E-state index is -1.42. The predicted octanol–water partition coefficient (Wildman–Crippen LogP) is 2.11. The van der Waals surface area contributed by atoms with Gasteiger partial charge in [0.1, 0.15) is 0 Å². The average Bonchev–Trinajstić information content (AvgIpc) is 1.95. The molecule has 0 spiro atoms. The van der Waals surface area contributed by atoms with E-state index in [9.17, 15) is 0 Å². The molecule has 0 saturated carbocycles. The van der Waals surface area contributed by atoms with E-state index < -0.39 is 18.2 Å². The Morgan fingerprint density at radius 3 is 3.33 bits per heavy atom. The third-order valence-electron chi connectivity index (χ3n) is 1.49. The predicted molar refractivity (Wildman–Crippen MR) is 36.6 cm³/mol. The molecule has 0 aromatic heterocycles. The summed E-state index contributed by atoms with van der Waals surface area (Å²) in [6.07, 6.45) is 1.57. The Morgan fingerprint density at radius 2 is 2.78 bits per heavy atom. The molecule has 0 N–H and O–H groups in total. The second-order valence-corrected chi connectivity index (χ2v) is 2.17. The lowest BCUT2D eigenvalue weighted by molar-refractivity contribution is 0.470. The second kappa shape index (κ2) is 2.68. The molecule has 1 rings (SSSR count). The Hall–Kier alpha value is -0.770. The molecule has 0 heterocycles. The Labute approximate surface area is 60.2 Å². The van der Waals surface area contributed by atoms with E-state index in [1.165, 1.54) is 12.2 Å². The average molecular weight is 124 g/mol. The highest BCUT2D eigenvalue weighted by atomic mass is 14.3. The molecule has 0 aromatic rings. The van der Waals surface area contributed by atoms with Gasteiger partial charge in [0.05, 0.1) is 12.0 Å². The normalized spacial score (nSPS) is 52.4. The first-order valence-corrected chi connectivity index (χ1v) is 2.97. The van der Waals surface area contributed by atoms with Crippen LogP contribution in [0.3, 0.4) is 0 Å². The van der Waals surface area contributed by atoms with Crippen LogP contribution in [0.15, 0.2) is 12.2 Å². The van der Waals surface area contributed by atoms with E-state index in [4.69, 9.17) is 9.37 Å². The highest BCUT2D eigenvalue weighted by molar-refractivity contribution is 5.02. The third-order valence-corrected chi connectivity index (χ3v) is 1.49. The first-order chi connectivity index (χ1) is 5.37. The first-order valence-electron chi connectivity index (χ1n) is 4.47. The first kappa shape index (κ1) is 3.41. The smallest absolute Gasteiger partial charge is 0.0661 e. The summed E-state index contributed by atoms with van der Waals surface area (Å²) < 4.78 is 22.4. The lowest BCUT2D eigenvalue weighted by Crippen LogP contribution is -2.09. The van der Waals surface area contributed by atoms with Crippen molar-refractivity contribution in [1.82, 2.24) is 0 Å². The van der Waals surface area contributed by atoms with E-state index >= 15 is 0 Å². The SMILES string of the molecule is [2H]C1([2H])C=CC([2H])(C)C(C#N)C1. The lowest BCUT2D eigenvalue weighted by atomic mass is 9.87. The van der Waals surface area contributed by atoms with Crippen molar-refractivity contribution < 1.29 is 4.11 Å². The summed E-state index contributed by atoms with van der Waals surface area (Å²) >= 11 is 0. The van der Waals surface area contributed by atoms with Gasteiger partial charge >= 0.3 is 0 Å². The number of nitrogens with zero attached hydrogens (tertiary/aromatic N) is 1. The van der Waals surface area contributed by atoms with Crippen LogP contribution < -0.4 is 0 Å². The van der Waals surface area contributed by atoms with Gasteiger partial charge in [-0.1, -0.05) is 19.1 Å². The highest BCUT2D eigenvalue weighted by Crippen LogP contribution is 2.22. The zero-order chi connectivity index (χ0) is 9.41. The maximum atomic E-state index is 8.69. The van der Waals surface area contributed by atoms with Crippen molar-refractivity contribution in [1.29, 1.82) is 5.26 Å². The van der Waals surface area contributed by atoms with Crippen LogP contribution in [0.5, 0.6) is 0 Å². The van der Waals surface area contributed by atoms with Crippen LogP contribution in [-0.4, -0.2) is 0 Å². The van der Waals surface area contributed by atoms with Crippen LogP contribution in [0.4, 0.5) is 0 Å². The van der Waals surface area contributed by atoms with Crippen molar-refractivity contribution >= 4 is 0 Å². The van der Waals surface area contributed by atoms with Crippen LogP contribution in [0.25, 0.3) is 0 Å². The van der Waals surface area contributed by atoms with Crippen molar-refractivity contribution in [3.8, 4) is 6.07 Å². The molecule has 0 bridgehead atoms. The molecule has 0 fully saturated rings. The van der Waals surface area contributed by atoms with E-state index in [2.05, 4.69) is 0 Å². The Bertz CT molecular complexity index is 250. The van der Waals surface area contributed by atoms with Gasteiger partial charge in [0, 0.05) is 4.11 Å². The fourth-order valence-electron chi connectivity index (χ4n) is 0.801. The molecule has 0 saturated heterocycles. The molecular formula is C8H11N. The van der Waals surface area contributed by atoms with E-state index in [0.29, 0.717) is 0 Å². The number of hydrogen-bond acceptors (Lipinski definition) is 1. The summed E-state index contributed by atoms with van der Waals surface area (Å²) in [7, 11) is 0. The highest BCUT2D eigenvalue weighted by Gasteiger charge is 2.15. The summed E-state index contributed by atoms with van der Waals surface area (Å²) in [5, 5.41) is 8.69. The second-order valence-electron chi connectivity index (χ2n) is 2.17. The van der Waals surface area contributed by atoms with Crippen LogP contribution in [0.1, 0.15) is 23.8 Å². The number of nitriles is 1. The molecule has 1 heteroatoms. The van der Waals surface area contributed by atoms with Crippen LogP contribution in [0, 0.1) is 23.1 Å². The molecule has 0 aliphatic heterocycles. The van der Waals surface area contributed by atoms with Crippen molar-refractivity contribution in [2.45, 2.75) is 19.7 Å². The van der Waals surface area contributed by atoms with Crippen molar-refractivity contribution in [3.05, 3.63) is 12.2 Å². The number of hydrogen-bond donors (Lipinski definition) is 0. The largest absolute Gasteiger partial charge is 0.198 e. The molecular weight excluding hydrogens is 110 g/mol. The monoisotopic (exact) mass is 124 g/mol. The van der Waals surface area contributed by atoms with Gasteiger partial charge in [0.15, 0.2) is 0 Å². The molecule has 0 radical (unpaired) electrons. The number of rotatable bonds is 0. The van der Waals surface area contributed by atoms with Gasteiger partial charge in [-0.25, -0.2) is 0 Å². The minimum Gasteiger partial charge on any atom is -0.198 e. The Morgan fingerprint density at radius 1 is 2.00 bits per heavy atom. The molecule has 0 aromatic carbocycles. The zero-order valence-electron chi connectivity index (χ0n) is 8.39. The van der Waals surface area contributed by atoms with Gasteiger partial charge in [0.25, 0.3) is 0 Å². The van der Waals surface area contributed by atoms with Crippen molar-refractivity contribution in [2.75, 3.05) is 0 Å². The van der Waals surface area contributed by atoms with Gasteiger partial charge in [-0.2, -0.15) is 5.26 Å². The lowest BCUT2D eigenvalue weighted by Gasteiger charge is -2.16. The van der Waals surface area contributed by atoms with Crippen LogP contribution >= 0.6 is 0 Å². The summed E-state index contributed by atoms with van der Waals surface area (Å²) in [5.74, 6) is -1.47. The quantitative estimate of drug-likeness (QED) is 0.454. The van der Waals surface area contributed by atoms with Crippen molar-refractivity contribution in [2.24, 2.45) is 11.8 Å². The zero-order valence-corrected chi connectivity index (χ0v) is 5.39. The molecule has 0 amide bonds. The third kappa shape index (κ3) is 1.32. The molecule has 1 aliphatic carbocycles. The Kier molecular flexibility index (Phi) is 1.02. The van der Waals surface area contributed by atoms with E-state index in [1.54, 1.807) is 6.92 Å². The fourth-order valence-corrected chi connectivity index (χ4v) is 0.801. The molecule has 2 unspecified atom stereocenters. The maximum Gasteiger partial charge on any atom is 0.0661 e. The van der Waals surface area contributed by atoms with Gasteiger partial charge in [-0.05, 0) is 18.7 Å². The fraction of sp³-hybridized carbons (Fsp3) is 0.625. The molecule has 1 aliphatic rings. The number of allylic oxidation sites excluding steroid dienone is 2. The summed E-state index contributed by atoms with van der Waals surface area (Å²) in [6.45, 7) is 1.63. The van der Waals surface area contributed by atoms with E-state index in [1.807, 2.05) is 6.07 Å². The Balaban J connectivity index is 2.94. The summed E-state index contributed by atoms with van der Waals surface area (Å²) in [4.78, 5) is 0. The molecule has 9 heavy (non-hydrogen) atoms. The van der Waals surface area contributed by atoms with Crippen LogP contribution in [-0.2, 0) is 0 Å². The van der Waals surface area contributed by atoms with Crippen molar-refractivity contribution in [3.63, 3.8) is 0 Å². The molecule has 2 atom stereocenters. The summed E-state index contributed by atoms with van der Waals surface area (Å²) in [6, 6.07) is 1.97. The maximum absolute atomic E-state index is 8.69. The molecule has 1 nitrogen and oxygen atoms in total.